The fourth-order valence-corrected chi connectivity index (χ4v) is 14.0. The Kier molecular flexibility index (Phi) is 38.1. The molecule has 0 aromatic heterocycles. The molecule has 112 heavy (non-hydrogen) atoms. The van der Waals surface area contributed by atoms with E-state index in [9.17, 15) is 38.4 Å². The van der Waals surface area contributed by atoms with E-state index < -0.39 is 27.8 Å². The fourth-order valence-electron chi connectivity index (χ4n) is 14.0. The lowest BCUT2D eigenvalue weighted by Crippen LogP contribution is -2.46. The maximum Gasteiger partial charge on any atom is 0.338 e. The lowest BCUT2D eigenvalue weighted by molar-refractivity contribution is -0.0907. The third-order valence-corrected chi connectivity index (χ3v) is 21.8. The topological polar surface area (TPSA) is 210 Å². The highest BCUT2D eigenvalue weighted by molar-refractivity contribution is 5.93. The number of carbonyl (C=O) groups is 8. The molecule has 8 rings (SSSR count). The van der Waals surface area contributed by atoms with Gasteiger partial charge in [-0.15, -0.1) is 0 Å². The van der Waals surface area contributed by atoms with E-state index in [1.807, 2.05) is 256 Å². The third-order valence-electron chi connectivity index (χ3n) is 21.8. The minimum Gasteiger partial charge on any atom is -0.458 e. The van der Waals surface area contributed by atoms with Gasteiger partial charge in [-0.3, -0.25) is 0 Å². The number of carbonyl (C=O) groups excluding carboxylic acids is 8. The Balaban J connectivity index is 0.000000267. The van der Waals surface area contributed by atoms with E-state index in [1.54, 1.807) is 97.1 Å². The van der Waals surface area contributed by atoms with Gasteiger partial charge in [0.2, 0.25) is 0 Å². The Morgan fingerprint density at radius 3 is 0.812 bits per heavy atom. The molecule has 0 aliphatic rings. The van der Waals surface area contributed by atoms with Crippen LogP contribution in [0.4, 0.5) is 0 Å². The quantitative estimate of drug-likeness (QED) is 0.0264. The van der Waals surface area contributed by atoms with Crippen LogP contribution in [-0.2, 0) is 37.9 Å². The van der Waals surface area contributed by atoms with E-state index in [1.165, 1.54) is 0 Å². The molecule has 0 spiro atoms. The van der Waals surface area contributed by atoms with Gasteiger partial charge in [0.1, 0.15) is 46.8 Å². The fraction of sp³-hybridized carbons (Fsp3) is 0.417. The SMILES string of the molecule is CCC(C)(CC(CC)(CC)OC(=O)c1ccccc1)OC(=O)c1ccccc1.CCC(OC(=O)c1ccccc1)C(C)(CC)C(CC)OC(=O)c1ccccc1.CCC(OC(=O)c1ccccc1)C(C)C(CC)(CC)OC(=O)c1ccccc1.CCC(OC(=O)c1ccccc1)C(CC)C(C)(CC)OC(=O)c1ccccc1. The Hall–Kier alpha value is -10.5. The first kappa shape index (κ1) is 92.1. The van der Waals surface area contributed by atoms with E-state index in [4.69, 9.17) is 37.9 Å². The number of esters is 8. The molecular weight excluding hydrogens is 1410 g/mol. The van der Waals surface area contributed by atoms with Gasteiger partial charge in [0, 0.05) is 23.7 Å². The summed E-state index contributed by atoms with van der Waals surface area (Å²) >= 11 is 0. The molecule has 0 fully saturated rings. The summed E-state index contributed by atoms with van der Waals surface area (Å²) in [6, 6.07) is 71.7. The lowest BCUT2D eigenvalue weighted by Gasteiger charge is -2.41. The highest BCUT2D eigenvalue weighted by Crippen LogP contribution is 2.41. The first-order chi connectivity index (χ1) is 53.7. The number of ether oxygens (including phenoxy) is 8. The van der Waals surface area contributed by atoms with Crippen LogP contribution in [0.1, 0.15) is 277 Å². The van der Waals surface area contributed by atoms with Gasteiger partial charge in [-0.05, 0) is 188 Å². The molecule has 600 valence electrons. The zero-order chi connectivity index (χ0) is 82.3. The average Bonchev–Trinajstić information content (AvgIpc) is 0.818. The number of hydrogen-bond donors (Lipinski definition) is 0. The second kappa shape index (κ2) is 46.4. The summed E-state index contributed by atoms with van der Waals surface area (Å²) in [5.74, 6) is -3.07. The van der Waals surface area contributed by atoms with Crippen molar-refractivity contribution in [3.63, 3.8) is 0 Å². The molecule has 0 amide bonds. The predicted octanol–water partition coefficient (Wildman–Crippen LogP) is 22.8. The molecule has 0 aliphatic heterocycles. The summed E-state index contributed by atoms with van der Waals surface area (Å²) in [5, 5.41) is 0. The average molecular weight is 1530 g/mol. The van der Waals surface area contributed by atoms with Crippen molar-refractivity contribution in [1.82, 2.24) is 0 Å². The smallest absolute Gasteiger partial charge is 0.338 e. The zero-order valence-corrected chi connectivity index (χ0v) is 68.8. The Morgan fingerprint density at radius 2 is 0.554 bits per heavy atom. The molecule has 8 atom stereocenters. The van der Waals surface area contributed by atoms with Crippen molar-refractivity contribution < 1.29 is 76.3 Å². The van der Waals surface area contributed by atoms with Gasteiger partial charge in [0.25, 0.3) is 0 Å². The van der Waals surface area contributed by atoms with Crippen molar-refractivity contribution in [3.05, 3.63) is 287 Å². The summed E-state index contributed by atoms with van der Waals surface area (Å²) in [4.78, 5) is 101. The summed E-state index contributed by atoms with van der Waals surface area (Å²) in [6.45, 7) is 31.9. The minimum absolute atomic E-state index is 0.108. The predicted molar refractivity (Wildman–Crippen MR) is 441 cm³/mol. The van der Waals surface area contributed by atoms with Crippen LogP contribution < -0.4 is 0 Å². The van der Waals surface area contributed by atoms with E-state index in [2.05, 4.69) is 0 Å². The molecule has 0 bridgehead atoms. The van der Waals surface area contributed by atoms with Crippen LogP contribution in [0.15, 0.2) is 243 Å². The zero-order valence-electron chi connectivity index (χ0n) is 68.8. The van der Waals surface area contributed by atoms with Gasteiger partial charge >= 0.3 is 47.8 Å². The van der Waals surface area contributed by atoms with E-state index in [0.717, 1.165) is 6.42 Å². The first-order valence-electron chi connectivity index (χ1n) is 39.9. The summed E-state index contributed by atoms with van der Waals surface area (Å²) in [7, 11) is 0. The standard InChI is InChI=1S/4C24H30O4/c1-5-23(4,27-21(25)19-14-10-8-11-15-19)18-24(6-2,7-3)28-22(26)20-16-12-9-13-17-20;1-5-20(27-22(25)18-14-10-8-11-15-18)24(4,7-3)21(6-2)28-23(26)19-16-12-9-13-17-19;1-5-20(21(6-2)27-22(25)18-14-10-8-11-15-18)24(4,7-3)28-23(26)19-16-12-9-13-17-19;1-5-21(27-22(25)19-14-10-8-11-15-19)18(4)24(6-2,7-3)28-23(26)20-16-12-9-13-17-20/h8-17H,5-7,18H2,1-4H3;2*8-17,20-21H,5-7H2,1-4H3;8-18,21H,5-7H2,1-4H3. The van der Waals surface area contributed by atoms with Crippen molar-refractivity contribution in [2.45, 2.75) is 241 Å². The molecule has 16 nitrogen and oxygen atoms in total. The molecule has 8 aromatic carbocycles. The van der Waals surface area contributed by atoms with Gasteiger partial charge in [-0.2, -0.15) is 0 Å². The summed E-state index contributed by atoms with van der Waals surface area (Å²) in [5.41, 5.74) is 0.801. The molecule has 8 aromatic rings. The van der Waals surface area contributed by atoms with E-state index in [0.29, 0.717) is 122 Å². The van der Waals surface area contributed by atoms with Crippen LogP contribution in [0.5, 0.6) is 0 Å². The maximum atomic E-state index is 12.7. The Morgan fingerprint density at radius 1 is 0.277 bits per heavy atom. The van der Waals surface area contributed by atoms with Crippen LogP contribution >= 0.6 is 0 Å². The Bertz CT molecular complexity index is 3980. The van der Waals surface area contributed by atoms with Gasteiger partial charge in [-0.25, -0.2) is 38.4 Å². The molecule has 0 heterocycles. The van der Waals surface area contributed by atoms with Crippen molar-refractivity contribution in [2.75, 3.05) is 0 Å². The van der Waals surface area contributed by atoms with Crippen LogP contribution in [0.2, 0.25) is 0 Å². The van der Waals surface area contributed by atoms with Crippen LogP contribution in [0.25, 0.3) is 0 Å². The summed E-state index contributed by atoms with van der Waals surface area (Å²) < 4.78 is 47.3. The van der Waals surface area contributed by atoms with Gasteiger partial charge < -0.3 is 37.9 Å². The van der Waals surface area contributed by atoms with Gasteiger partial charge in [-0.1, -0.05) is 243 Å². The van der Waals surface area contributed by atoms with Crippen LogP contribution in [0, 0.1) is 17.3 Å². The monoisotopic (exact) mass is 1530 g/mol. The first-order valence-corrected chi connectivity index (χ1v) is 39.9. The maximum absolute atomic E-state index is 12.7. The van der Waals surface area contributed by atoms with Crippen molar-refractivity contribution in [1.29, 1.82) is 0 Å². The highest BCUT2D eigenvalue weighted by Gasteiger charge is 2.46. The molecule has 0 saturated heterocycles. The molecule has 0 N–H and O–H groups in total. The molecular formula is C96H120O16. The Labute approximate surface area is 666 Å². The molecule has 8 unspecified atom stereocenters. The number of benzene rings is 8. The molecule has 16 heteroatoms. The molecule has 0 saturated carbocycles. The van der Waals surface area contributed by atoms with Crippen LogP contribution in [0.3, 0.4) is 0 Å². The highest BCUT2D eigenvalue weighted by atomic mass is 16.6. The minimum atomic E-state index is -0.740. The molecule has 0 aliphatic carbocycles. The van der Waals surface area contributed by atoms with Gasteiger partial charge in [0.05, 0.1) is 44.5 Å². The second-order valence-corrected chi connectivity index (χ2v) is 28.8. The number of hydrogen-bond acceptors (Lipinski definition) is 16. The van der Waals surface area contributed by atoms with Gasteiger partial charge in [0.15, 0.2) is 0 Å². The van der Waals surface area contributed by atoms with E-state index >= 15 is 0 Å². The number of rotatable bonds is 36. The van der Waals surface area contributed by atoms with E-state index in [-0.39, 0.29) is 84.0 Å². The third kappa shape index (κ3) is 26.6. The normalized spacial score (nSPS) is 14.3. The largest absolute Gasteiger partial charge is 0.458 e. The summed E-state index contributed by atoms with van der Waals surface area (Å²) in [6.07, 6.45) is 6.86. The van der Waals surface area contributed by atoms with Crippen molar-refractivity contribution in [3.8, 4) is 0 Å². The lowest BCUT2D eigenvalue weighted by atomic mass is 9.74. The van der Waals surface area contributed by atoms with Crippen LogP contribution in [-0.4, -0.2) is 94.6 Å². The van der Waals surface area contributed by atoms with Crippen molar-refractivity contribution >= 4 is 47.8 Å². The molecule has 0 radical (unpaired) electrons. The van der Waals surface area contributed by atoms with Crippen molar-refractivity contribution in [2.24, 2.45) is 17.3 Å². The second-order valence-electron chi connectivity index (χ2n) is 28.8.